The van der Waals surface area contributed by atoms with Crippen LogP contribution in [0.3, 0.4) is 0 Å². The Bertz CT molecular complexity index is 750. The summed E-state index contributed by atoms with van der Waals surface area (Å²) in [6.45, 7) is 2.17. The number of benzene rings is 2. The second-order valence-electron chi connectivity index (χ2n) is 5.06. The van der Waals surface area contributed by atoms with Crippen LogP contribution in [0.15, 0.2) is 60.9 Å². The molecule has 2 nitrogen and oxygen atoms in total. The van der Waals surface area contributed by atoms with E-state index in [-0.39, 0.29) is 6.04 Å². The van der Waals surface area contributed by atoms with Crippen molar-refractivity contribution in [2.75, 3.05) is 5.32 Å². The van der Waals surface area contributed by atoms with Crippen molar-refractivity contribution in [3.05, 3.63) is 71.5 Å². The normalized spacial score (nSPS) is 12.3. The van der Waals surface area contributed by atoms with Crippen molar-refractivity contribution in [1.29, 1.82) is 0 Å². The zero-order chi connectivity index (χ0) is 14.7. The lowest BCUT2D eigenvalue weighted by atomic mass is 10.0. The third kappa shape index (κ3) is 3.01. The molecular weight excluding hydrogens is 280 g/mol. The van der Waals surface area contributed by atoms with E-state index in [2.05, 4.69) is 41.5 Å². The van der Waals surface area contributed by atoms with Crippen molar-refractivity contribution in [1.82, 2.24) is 4.98 Å². The van der Waals surface area contributed by atoms with Crippen LogP contribution in [-0.2, 0) is 0 Å². The number of hydrogen-bond acceptors (Lipinski definition) is 2. The molecule has 0 aliphatic rings. The van der Waals surface area contributed by atoms with Crippen LogP contribution >= 0.6 is 11.6 Å². The van der Waals surface area contributed by atoms with E-state index >= 15 is 0 Å². The van der Waals surface area contributed by atoms with Gasteiger partial charge in [-0.1, -0.05) is 42.8 Å². The van der Waals surface area contributed by atoms with Crippen molar-refractivity contribution >= 4 is 28.1 Å². The highest BCUT2D eigenvalue weighted by atomic mass is 35.5. The van der Waals surface area contributed by atoms with Gasteiger partial charge in [-0.25, -0.2) is 0 Å². The molecule has 3 rings (SSSR count). The number of nitrogens with zero attached hydrogens (tertiary/aromatic N) is 1. The molecule has 0 aliphatic carbocycles. The molecule has 0 amide bonds. The number of hydrogen-bond donors (Lipinski definition) is 1. The molecule has 1 N–H and O–H groups in total. The second kappa shape index (κ2) is 6.15. The Labute approximate surface area is 129 Å². The molecule has 0 spiro atoms. The number of halogens is 1. The molecule has 0 aliphatic heterocycles. The van der Waals surface area contributed by atoms with Crippen LogP contribution in [-0.4, -0.2) is 4.98 Å². The number of fused-ring (bicyclic) bond motifs is 1. The minimum absolute atomic E-state index is 0.238. The summed E-state index contributed by atoms with van der Waals surface area (Å²) in [5, 5.41) is 6.73. The van der Waals surface area contributed by atoms with Gasteiger partial charge >= 0.3 is 0 Å². The average molecular weight is 297 g/mol. The first-order valence-corrected chi connectivity index (χ1v) is 7.50. The first-order valence-electron chi connectivity index (χ1n) is 7.12. The lowest BCUT2D eigenvalue weighted by Gasteiger charge is -2.20. The summed E-state index contributed by atoms with van der Waals surface area (Å²) in [7, 11) is 0. The second-order valence-corrected chi connectivity index (χ2v) is 5.50. The SMILES string of the molecule is CCC(Nc1cccc2cnccc12)c1cccc(Cl)c1. The van der Waals surface area contributed by atoms with E-state index in [1.807, 2.05) is 36.7 Å². The van der Waals surface area contributed by atoms with Crippen LogP contribution in [0.2, 0.25) is 5.02 Å². The molecule has 1 heterocycles. The average Bonchev–Trinajstić information content (AvgIpc) is 2.52. The highest BCUT2D eigenvalue weighted by Gasteiger charge is 2.11. The Balaban J connectivity index is 1.96. The molecule has 1 unspecified atom stereocenters. The third-order valence-corrected chi connectivity index (χ3v) is 3.90. The number of aromatic nitrogens is 1. The standard InChI is InChI=1S/C18H17ClN2/c1-2-17(13-5-3-7-15(19)11-13)21-18-8-4-6-14-12-20-10-9-16(14)18/h3-12,17,21H,2H2,1H3. The molecule has 0 bridgehead atoms. The fourth-order valence-corrected chi connectivity index (χ4v) is 2.78. The number of pyridine rings is 1. The van der Waals surface area contributed by atoms with Gasteiger partial charge in [0, 0.05) is 33.9 Å². The Morgan fingerprint density at radius 1 is 1.14 bits per heavy atom. The van der Waals surface area contributed by atoms with Crippen LogP contribution in [0.1, 0.15) is 24.9 Å². The molecular formula is C18H17ClN2. The van der Waals surface area contributed by atoms with Crippen LogP contribution in [0.4, 0.5) is 5.69 Å². The van der Waals surface area contributed by atoms with E-state index < -0.39 is 0 Å². The lowest BCUT2D eigenvalue weighted by molar-refractivity contribution is 0.750. The topological polar surface area (TPSA) is 24.9 Å². The van der Waals surface area contributed by atoms with Gasteiger partial charge < -0.3 is 5.32 Å². The van der Waals surface area contributed by atoms with Crippen molar-refractivity contribution in [2.24, 2.45) is 0 Å². The lowest BCUT2D eigenvalue weighted by Crippen LogP contribution is -2.09. The van der Waals surface area contributed by atoms with E-state index in [0.29, 0.717) is 0 Å². The number of rotatable bonds is 4. The first kappa shape index (κ1) is 13.9. The minimum atomic E-state index is 0.238. The van der Waals surface area contributed by atoms with Gasteiger partial charge in [0.25, 0.3) is 0 Å². The van der Waals surface area contributed by atoms with Gasteiger partial charge in [0.05, 0.1) is 6.04 Å². The monoisotopic (exact) mass is 296 g/mol. The molecule has 0 radical (unpaired) electrons. The van der Waals surface area contributed by atoms with Gasteiger partial charge in [-0.05, 0) is 36.2 Å². The molecule has 1 atom stereocenters. The summed E-state index contributed by atoms with van der Waals surface area (Å²) in [5.74, 6) is 0. The fraction of sp³-hybridized carbons (Fsp3) is 0.167. The van der Waals surface area contributed by atoms with Crippen molar-refractivity contribution in [3.8, 4) is 0 Å². The summed E-state index contributed by atoms with van der Waals surface area (Å²) < 4.78 is 0. The molecule has 106 valence electrons. The zero-order valence-electron chi connectivity index (χ0n) is 11.9. The Morgan fingerprint density at radius 2 is 2.00 bits per heavy atom. The predicted molar refractivity (Wildman–Crippen MR) is 89.8 cm³/mol. The van der Waals surface area contributed by atoms with Gasteiger partial charge in [-0.3, -0.25) is 4.98 Å². The smallest absolute Gasteiger partial charge is 0.0511 e. The van der Waals surface area contributed by atoms with Crippen LogP contribution in [0.25, 0.3) is 10.8 Å². The van der Waals surface area contributed by atoms with Crippen LogP contribution < -0.4 is 5.32 Å². The molecule has 21 heavy (non-hydrogen) atoms. The minimum Gasteiger partial charge on any atom is -0.378 e. The summed E-state index contributed by atoms with van der Waals surface area (Å²) >= 11 is 6.11. The summed E-state index contributed by atoms with van der Waals surface area (Å²) in [4.78, 5) is 4.18. The van der Waals surface area contributed by atoms with E-state index in [9.17, 15) is 0 Å². The Kier molecular flexibility index (Phi) is 4.07. The maximum atomic E-state index is 6.11. The fourth-order valence-electron chi connectivity index (χ4n) is 2.58. The Morgan fingerprint density at radius 3 is 2.81 bits per heavy atom. The van der Waals surface area contributed by atoms with Gasteiger partial charge in [0.1, 0.15) is 0 Å². The quantitative estimate of drug-likeness (QED) is 0.692. The van der Waals surface area contributed by atoms with Crippen molar-refractivity contribution in [2.45, 2.75) is 19.4 Å². The molecule has 0 saturated heterocycles. The molecule has 2 aromatic carbocycles. The largest absolute Gasteiger partial charge is 0.378 e. The van der Waals surface area contributed by atoms with Gasteiger partial charge in [-0.2, -0.15) is 0 Å². The maximum Gasteiger partial charge on any atom is 0.0511 e. The maximum absolute atomic E-state index is 6.11. The molecule has 1 aromatic heterocycles. The zero-order valence-corrected chi connectivity index (χ0v) is 12.6. The molecule has 3 heteroatoms. The van der Waals surface area contributed by atoms with Crippen molar-refractivity contribution in [3.63, 3.8) is 0 Å². The number of nitrogens with one attached hydrogen (secondary N) is 1. The molecule has 0 saturated carbocycles. The summed E-state index contributed by atoms with van der Waals surface area (Å²) in [5.41, 5.74) is 2.33. The summed E-state index contributed by atoms with van der Waals surface area (Å²) in [6, 6.07) is 16.6. The van der Waals surface area contributed by atoms with Crippen molar-refractivity contribution < 1.29 is 0 Å². The van der Waals surface area contributed by atoms with E-state index in [0.717, 1.165) is 22.5 Å². The highest BCUT2D eigenvalue weighted by molar-refractivity contribution is 6.30. The van der Waals surface area contributed by atoms with Gasteiger partial charge in [0.15, 0.2) is 0 Å². The van der Waals surface area contributed by atoms with E-state index in [1.54, 1.807) is 0 Å². The molecule has 0 fully saturated rings. The highest BCUT2D eigenvalue weighted by Crippen LogP contribution is 2.29. The van der Waals surface area contributed by atoms with E-state index in [1.165, 1.54) is 10.9 Å². The molecule has 3 aromatic rings. The third-order valence-electron chi connectivity index (χ3n) is 3.67. The Hall–Kier alpha value is -2.06. The van der Waals surface area contributed by atoms with Gasteiger partial charge in [-0.15, -0.1) is 0 Å². The van der Waals surface area contributed by atoms with E-state index in [4.69, 9.17) is 11.6 Å². The predicted octanol–water partition coefficient (Wildman–Crippen LogP) is 5.45. The van der Waals surface area contributed by atoms with Gasteiger partial charge in [0.2, 0.25) is 0 Å². The first-order chi connectivity index (χ1) is 10.3. The summed E-state index contributed by atoms with van der Waals surface area (Å²) in [6.07, 6.45) is 4.70. The van der Waals surface area contributed by atoms with Crippen LogP contribution in [0, 0.1) is 0 Å². The van der Waals surface area contributed by atoms with Crippen LogP contribution in [0.5, 0.6) is 0 Å². The number of anilines is 1.